The third-order valence-corrected chi connectivity index (χ3v) is 9.77. The largest absolute Gasteiger partial charge is 0.462 e. The van der Waals surface area contributed by atoms with Gasteiger partial charge in [-0.05, 0) is 30.4 Å². The highest BCUT2D eigenvalue weighted by atomic mass is 16.7. The SMILES string of the molecule is CCCCCCCCCCCCCCCC(=O)NC[C@H]1O[C@H](OC[C@@H](COC(=O)CCc2ccccc2)OC(=O)CCc2ccccc2)[C@H](O)[C@@H](O)[C@@H]1O. The molecule has 11 nitrogen and oxygen atoms in total. The summed E-state index contributed by atoms with van der Waals surface area (Å²) in [6, 6.07) is 19.0. The molecule has 0 aromatic heterocycles. The Morgan fingerprint density at radius 1 is 0.648 bits per heavy atom. The average Bonchev–Trinajstić information content (AvgIpc) is 3.19. The zero-order valence-electron chi connectivity index (χ0n) is 32.3. The van der Waals surface area contributed by atoms with Crippen molar-refractivity contribution in [3.8, 4) is 0 Å². The summed E-state index contributed by atoms with van der Waals surface area (Å²) in [7, 11) is 0. The van der Waals surface area contributed by atoms with Crippen LogP contribution in [-0.4, -0.2) is 89.7 Å². The maximum absolute atomic E-state index is 12.8. The van der Waals surface area contributed by atoms with Crippen LogP contribution in [0.2, 0.25) is 0 Å². The van der Waals surface area contributed by atoms with Crippen LogP contribution in [0.3, 0.4) is 0 Å². The van der Waals surface area contributed by atoms with Crippen molar-refractivity contribution in [3.63, 3.8) is 0 Å². The molecule has 0 aliphatic carbocycles. The van der Waals surface area contributed by atoms with Crippen molar-refractivity contribution in [2.75, 3.05) is 19.8 Å². The first kappa shape index (κ1) is 45.0. The number of carbonyl (C=O) groups is 3. The second kappa shape index (κ2) is 27.3. The number of ether oxygens (including phenoxy) is 4. The van der Waals surface area contributed by atoms with E-state index in [0.29, 0.717) is 19.3 Å². The van der Waals surface area contributed by atoms with E-state index >= 15 is 0 Å². The minimum Gasteiger partial charge on any atom is -0.462 e. The number of unbranched alkanes of at least 4 members (excludes halogenated alkanes) is 12. The number of benzene rings is 2. The van der Waals surface area contributed by atoms with Gasteiger partial charge >= 0.3 is 11.9 Å². The number of amides is 1. The lowest BCUT2D eigenvalue weighted by Crippen LogP contribution is -2.60. The van der Waals surface area contributed by atoms with Gasteiger partial charge in [0.15, 0.2) is 12.4 Å². The molecule has 1 saturated heterocycles. The summed E-state index contributed by atoms with van der Waals surface area (Å²) in [4.78, 5) is 37.9. The molecule has 302 valence electrons. The van der Waals surface area contributed by atoms with Crippen molar-refractivity contribution in [3.05, 3.63) is 71.8 Å². The van der Waals surface area contributed by atoms with Gasteiger partial charge in [-0.1, -0.05) is 145 Å². The number of rotatable bonds is 28. The smallest absolute Gasteiger partial charge is 0.306 e. The Labute approximate surface area is 322 Å². The second-order valence-corrected chi connectivity index (χ2v) is 14.4. The van der Waals surface area contributed by atoms with Crippen molar-refractivity contribution in [2.24, 2.45) is 0 Å². The van der Waals surface area contributed by atoms with E-state index in [0.717, 1.165) is 30.4 Å². The highest BCUT2D eigenvalue weighted by Gasteiger charge is 2.44. The van der Waals surface area contributed by atoms with Crippen molar-refractivity contribution in [1.82, 2.24) is 5.32 Å². The van der Waals surface area contributed by atoms with E-state index in [1.54, 1.807) is 0 Å². The molecular weight excluding hydrogens is 690 g/mol. The summed E-state index contributed by atoms with van der Waals surface area (Å²) in [6.07, 6.45) is 9.03. The third kappa shape index (κ3) is 18.8. The first-order chi connectivity index (χ1) is 26.3. The number of hydrogen-bond donors (Lipinski definition) is 4. The summed E-state index contributed by atoms with van der Waals surface area (Å²) in [5.74, 6) is -1.20. The van der Waals surface area contributed by atoms with Gasteiger partial charge in [-0.25, -0.2) is 0 Å². The zero-order valence-corrected chi connectivity index (χ0v) is 32.3. The van der Waals surface area contributed by atoms with Crippen LogP contribution in [0.5, 0.6) is 0 Å². The maximum atomic E-state index is 12.8. The first-order valence-corrected chi connectivity index (χ1v) is 20.3. The van der Waals surface area contributed by atoms with Crippen molar-refractivity contribution < 1.29 is 48.7 Å². The van der Waals surface area contributed by atoms with Gasteiger partial charge in [0.1, 0.15) is 31.0 Å². The molecule has 1 fully saturated rings. The average molecular weight is 756 g/mol. The van der Waals surface area contributed by atoms with Crippen LogP contribution in [0, 0.1) is 0 Å². The van der Waals surface area contributed by atoms with Crippen LogP contribution in [0.15, 0.2) is 60.7 Å². The summed E-state index contributed by atoms with van der Waals surface area (Å²) >= 11 is 0. The van der Waals surface area contributed by atoms with Crippen LogP contribution in [0.25, 0.3) is 0 Å². The van der Waals surface area contributed by atoms with E-state index in [9.17, 15) is 29.7 Å². The highest BCUT2D eigenvalue weighted by molar-refractivity contribution is 5.75. The highest BCUT2D eigenvalue weighted by Crippen LogP contribution is 2.23. The Balaban J connectivity index is 1.40. The van der Waals surface area contributed by atoms with E-state index < -0.39 is 48.7 Å². The maximum Gasteiger partial charge on any atom is 0.306 e. The number of aliphatic hydroxyl groups is 3. The molecule has 2 aromatic carbocycles. The monoisotopic (exact) mass is 755 g/mol. The lowest BCUT2D eigenvalue weighted by molar-refractivity contribution is -0.299. The van der Waals surface area contributed by atoms with Gasteiger partial charge in [0, 0.05) is 25.8 Å². The van der Waals surface area contributed by atoms with Crippen LogP contribution >= 0.6 is 0 Å². The van der Waals surface area contributed by atoms with Gasteiger partial charge < -0.3 is 39.6 Å². The molecule has 2 aromatic rings. The number of esters is 2. The van der Waals surface area contributed by atoms with Gasteiger partial charge in [-0.3, -0.25) is 14.4 Å². The molecule has 1 heterocycles. The van der Waals surface area contributed by atoms with Crippen LogP contribution < -0.4 is 5.32 Å². The molecule has 0 saturated carbocycles. The van der Waals surface area contributed by atoms with Crippen molar-refractivity contribution >= 4 is 17.8 Å². The summed E-state index contributed by atoms with van der Waals surface area (Å²) in [6.45, 7) is 1.52. The molecule has 4 N–H and O–H groups in total. The fraction of sp³-hybridized carbons (Fsp3) is 0.651. The zero-order chi connectivity index (χ0) is 38.8. The summed E-state index contributed by atoms with van der Waals surface area (Å²) < 4.78 is 22.6. The molecular formula is C43H65NO10. The van der Waals surface area contributed by atoms with E-state index in [1.807, 2.05) is 60.7 Å². The second-order valence-electron chi connectivity index (χ2n) is 14.4. The minimum atomic E-state index is -1.62. The number of carbonyl (C=O) groups excluding carboxylic acids is 3. The Morgan fingerprint density at radius 2 is 1.17 bits per heavy atom. The first-order valence-electron chi connectivity index (χ1n) is 20.3. The van der Waals surface area contributed by atoms with Gasteiger partial charge in [0.2, 0.25) is 5.91 Å². The molecule has 1 aliphatic rings. The van der Waals surface area contributed by atoms with Crippen LogP contribution in [-0.2, 0) is 46.2 Å². The minimum absolute atomic E-state index is 0.0804. The molecule has 1 aliphatic heterocycles. The fourth-order valence-electron chi connectivity index (χ4n) is 6.43. The molecule has 3 rings (SSSR count). The fourth-order valence-corrected chi connectivity index (χ4v) is 6.43. The predicted molar refractivity (Wildman–Crippen MR) is 206 cm³/mol. The van der Waals surface area contributed by atoms with Gasteiger partial charge in [0.05, 0.1) is 6.61 Å². The van der Waals surface area contributed by atoms with Gasteiger partial charge in [0.25, 0.3) is 0 Å². The molecule has 0 bridgehead atoms. The van der Waals surface area contributed by atoms with Crippen molar-refractivity contribution in [1.29, 1.82) is 0 Å². The van der Waals surface area contributed by atoms with Gasteiger partial charge in [-0.2, -0.15) is 0 Å². The Hall–Kier alpha value is -3.35. The Kier molecular flexibility index (Phi) is 22.7. The standard InChI is InChI=1S/C43H65NO10/c1-2-3-4-5-6-7-8-9-10-11-12-13-20-25-37(45)44-30-36-40(48)41(49)42(50)43(54-36)52-32-35(53-39(47)29-27-34-23-18-15-19-24-34)31-51-38(46)28-26-33-21-16-14-17-22-33/h14-19,21-24,35-36,40-43,48-50H,2-13,20,25-32H2,1H3,(H,44,45)/t35-,36-,40-,41+,42-,43+/m1/s1. The van der Waals surface area contributed by atoms with Crippen LogP contribution in [0.1, 0.15) is 121 Å². The lowest BCUT2D eigenvalue weighted by atomic mass is 9.98. The normalized spacial score (nSPS) is 20.3. The number of hydrogen-bond acceptors (Lipinski definition) is 10. The number of aryl methyl sites for hydroxylation is 2. The van der Waals surface area contributed by atoms with E-state index in [1.165, 1.54) is 64.2 Å². The predicted octanol–water partition coefficient (Wildman–Crippen LogP) is 6.13. The van der Waals surface area contributed by atoms with E-state index in [2.05, 4.69) is 12.2 Å². The van der Waals surface area contributed by atoms with E-state index in [-0.39, 0.29) is 38.5 Å². The van der Waals surface area contributed by atoms with E-state index in [4.69, 9.17) is 18.9 Å². The number of aliphatic hydroxyl groups excluding tert-OH is 3. The molecule has 54 heavy (non-hydrogen) atoms. The Bertz CT molecular complexity index is 1300. The van der Waals surface area contributed by atoms with Crippen LogP contribution in [0.4, 0.5) is 0 Å². The molecule has 0 spiro atoms. The summed E-state index contributed by atoms with van der Waals surface area (Å²) in [5.41, 5.74) is 1.94. The van der Waals surface area contributed by atoms with Crippen molar-refractivity contribution in [2.45, 2.75) is 159 Å². The van der Waals surface area contributed by atoms with Gasteiger partial charge in [-0.15, -0.1) is 0 Å². The molecule has 0 radical (unpaired) electrons. The molecule has 0 unspecified atom stereocenters. The molecule has 1 amide bonds. The summed E-state index contributed by atoms with van der Waals surface area (Å²) in [5, 5.41) is 34.6. The quantitative estimate of drug-likeness (QED) is 0.0588. The Morgan fingerprint density at radius 3 is 1.72 bits per heavy atom. The topological polar surface area (TPSA) is 161 Å². The third-order valence-electron chi connectivity index (χ3n) is 9.77. The lowest BCUT2D eigenvalue weighted by Gasteiger charge is -2.40. The molecule has 6 atom stereocenters. The molecule has 11 heteroatoms. The number of nitrogens with one attached hydrogen (secondary N) is 1.